The summed E-state index contributed by atoms with van der Waals surface area (Å²) < 4.78 is 10.8. The first kappa shape index (κ1) is 65.2. The van der Waals surface area contributed by atoms with Crippen molar-refractivity contribution in [1.82, 2.24) is 82.1 Å². The number of para-hydroxylation sites is 6. The van der Waals surface area contributed by atoms with Crippen molar-refractivity contribution < 1.29 is 0 Å². The van der Waals surface area contributed by atoms with Gasteiger partial charge in [-0.15, -0.1) is 0 Å². The van der Waals surface area contributed by atoms with E-state index in [2.05, 4.69) is 181 Å². The van der Waals surface area contributed by atoms with Gasteiger partial charge >= 0.3 is 0 Å². The van der Waals surface area contributed by atoms with Crippen LogP contribution in [0.4, 0.5) is 22.9 Å². The zero-order valence-electron chi connectivity index (χ0n) is 60.8. The van der Waals surface area contributed by atoms with Gasteiger partial charge in [-0.2, -0.15) is 9.48 Å². The van der Waals surface area contributed by atoms with E-state index in [1.165, 1.54) is 0 Å². The maximum atomic E-state index is 5.56. The Morgan fingerprint density at radius 1 is 0.202 bits per heavy atom. The van der Waals surface area contributed by atoms with Gasteiger partial charge in [-0.05, 0) is 228 Å². The number of aliphatic imine (C=N–C) groups is 1. The molecule has 18 nitrogen and oxygen atoms in total. The van der Waals surface area contributed by atoms with Gasteiger partial charge in [-0.1, -0.05) is 109 Å². The van der Waals surface area contributed by atoms with Gasteiger partial charge in [0, 0.05) is 118 Å². The second kappa shape index (κ2) is 26.7. The van der Waals surface area contributed by atoms with Crippen LogP contribution >= 0.6 is 0 Å². The normalized spacial score (nSPS) is 13.3. The fourth-order valence-electron chi connectivity index (χ4n) is 16.1. The number of imidazole rings is 5. The van der Waals surface area contributed by atoms with Crippen molar-refractivity contribution in [3.63, 3.8) is 0 Å². The Labute approximate surface area is 651 Å². The number of rotatable bonds is 15. The summed E-state index contributed by atoms with van der Waals surface area (Å²) in [7, 11) is 0. The average molecular weight is 1470 g/mol. The van der Waals surface area contributed by atoms with E-state index in [1.54, 1.807) is 0 Å². The summed E-state index contributed by atoms with van der Waals surface area (Å²) in [5, 5.41) is 0. The van der Waals surface area contributed by atoms with Gasteiger partial charge in [0.15, 0.2) is 39.6 Å². The molecule has 0 fully saturated rings. The minimum absolute atomic E-state index is 0.0497. The molecule has 1 unspecified atom stereocenters. The molecular formula is C96H61N18+. The number of benzene rings is 10. The molecule has 0 N–H and O–H groups in total. The quantitative estimate of drug-likeness (QED) is 0.0892. The number of hydrogen-bond donors (Lipinski definition) is 0. The molecule has 12 heterocycles. The lowest BCUT2D eigenvalue weighted by Crippen LogP contribution is -2.35. The minimum Gasteiger partial charge on any atom is -0.277 e. The van der Waals surface area contributed by atoms with Crippen LogP contribution in [0.3, 0.4) is 0 Å². The van der Waals surface area contributed by atoms with E-state index in [0.29, 0.717) is 57.4 Å². The highest BCUT2D eigenvalue weighted by atomic mass is 15.4. The molecule has 1 aliphatic rings. The summed E-state index contributed by atoms with van der Waals surface area (Å²) in [5.41, 5.74) is 23.6. The maximum Gasteiger partial charge on any atom is 0.270 e. The second-order valence-electron chi connectivity index (χ2n) is 28.1. The summed E-state index contributed by atoms with van der Waals surface area (Å²) in [6.45, 7) is 0. The summed E-state index contributed by atoms with van der Waals surface area (Å²) in [5.74, 6) is 4.16. The van der Waals surface area contributed by atoms with Gasteiger partial charge in [0.2, 0.25) is 6.34 Å². The summed E-state index contributed by atoms with van der Waals surface area (Å²) in [6, 6.07) is 113. The molecule has 0 spiro atoms. The third-order valence-corrected chi connectivity index (χ3v) is 21.2. The van der Waals surface area contributed by atoms with Crippen molar-refractivity contribution in [1.29, 1.82) is 0 Å². The van der Waals surface area contributed by atoms with Crippen molar-refractivity contribution in [3.8, 4) is 119 Å². The molecule has 0 radical (unpaired) electrons. The number of hydrogen-bond acceptors (Lipinski definition) is 12. The van der Waals surface area contributed by atoms with Crippen LogP contribution < -0.4 is 4.48 Å². The first-order valence-electron chi connectivity index (χ1n) is 37.5. The van der Waals surface area contributed by atoms with Crippen LogP contribution in [0.25, 0.3) is 175 Å². The lowest BCUT2D eigenvalue weighted by molar-refractivity contribution is 0.761. The van der Waals surface area contributed by atoms with E-state index < -0.39 is 0 Å². The maximum absolute atomic E-state index is 5.56. The zero-order chi connectivity index (χ0) is 75.2. The number of aromatic nitrogens is 16. The zero-order valence-corrected chi connectivity index (χ0v) is 60.8. The summed E-state index contributed by atoms with van der Waals surface area (Å²) in [4.78, 5) is 63.3. The van der Waals surface area contributed by atoms with Gasteiger partial charge in [-0.25, -0.2) is 54.8 Å². The molecule has 0 aliphatic carbocycles. The Morgan fingerprint density at radius 2 is 0.439 bits per heavy atom. The van der Waals surface area contributed by atoms with E-state index in [1.807, 2.05) is 213 Å². The molecule has 21 aromatic rings. The molecule has 534 valence electrons. The number of fused-ring (bicyclic) bond motifs is 6. The van der Waals surface area contributed by atoms with Crippen LogP contribution in [0.15, 0.2) is 370 Å². The van der Waals surface area contributed by atoms with E-state index >= 15 is 0 Å². The molecular weight excluding hydrogens is 1410 g/mol. The van der Waals surface area contributed by atoms with Gasteiger partial charge in [0.25, 0.3) is 5.82 Å². The largest absolute Gasteiger partial charge is 0.277 e. The standard InChI is InChI=1S/C96H61N18/c1-7-25-73(26-8-1)109-86(104-80-37-19-43-97-91(80)109)68-52-65(53-69(57-68)87-105-81-38-20-44-98-92(81)110(87)74-27-9-2-10-28-74)62-49-63(66-54-70(88-106-82-39-21-45-99-93(82)111(88)75-29-11-3-12-30-75)58-71(55-66)89-107-83-40-22-46-100-94(83)112(89)76-31-13-4-14-32-76)51-64(50-62)67-56-72(90-108-84-41-23-47-101-95(84)113(90)77-33-15-5-16-34-77)60-79(59-67)114(78-35-17-6-18-36-78)61-103-85-42-24-48-102-96(85)114/h1-61H/q+1. The van der Waals surface area contributed by atoms with Crippen LogP contribution in [0.5, 0.6) is 0 Å². The topological polar surface area (TPSA) is 179 Å². The highest BCUT2D eigenvalue weighted by Crippen LogP contribution is 2.52. The van der Waals surface area contributed by atoms with Gasteiger partial charge in [-0.3, -0.25) is 22.8 Å². The Morgan fingerprint density at radius 3 is 0.746 bits per heavy atom. The van der Waals surface area contributed by atoms with Crippen LogP contribution in [0, 0.1) is 0 Å². The monoisotopic (exact) mass is 1470 g/mol. The lowest BCUT2D eigenvalue weighted by Gasteiger charge is -2.29. The number of nitrogens with zero attached hydrogens (tertiary/aromatic N) is 18. The van der Waals surface area contributed by atoms with Crippen LogP contribution in [-0.2, 0) is 0 Å². The SMILES string of the molecule is C1=Nc2cccnc2[N+]1(c1ccccc1)c1cc(-c2cc(-c3cc(-c4nc5cccnc5n4-c4ccccc4)cc(-c4nc5cccnc5n4-c4ccccc4)c3)cc(-c3cc(-c4nc5cccnc5n4-c4ccccc4)cc(-c4nc5cccnc5n4-c4ccccc4)c3)c2)cc(-c2nc3cccnc3n2-c2ccccc2)c1. The highest BCUT2D eigenvalue weighted by molar-refractivity contribution is 6.02. The first-order valence-corrected chi connectivity index (χ1v) is 37.5. The number of quaternary nitrogens is 1. The van der Waals surface area contributed by atoms with Gasteiger partial charge in [0.05, 0.1) is 0 Å². The molecule has 1 aliphatic heterocycles. The predicted octanol–water partition coefficient (Wildman–Crippen LogP) is 21.7. The van der Waals surface area contributed by atoms with Crippen molar-refractivity contribution in [2.75, 3.05) is 0 Å². The van der Waals surface area contributed by atoms with E-state index in [4.69, 9.17) is 59.8 Å². The highest BCUT2D eigenvalue weighted by Gasteiger charge is 2.44. The molecule has 18 heteroatoms. The average Bonchev–Trinajstić information content (AvgIpc) is 1.52. The fourth-order valence-corrected chi connectivity index (χ4v) is 16.1. The number of pyridine rings is 6. The smallest absolute Gasteiger partial charge is 0.270 e. The predicted molar refractivity (Wildman–Crippen MR) is 452 cm³/mol. The van der Waals surface area contributed by atoms with Gasteiger partial charge in [0.1, 0.15) is 62.4 Å². The van der Waals surface area contributed by atoms with Crippen LogP contribution in [-0.4, -0.2) is 84.0 Å². The Hall–Kier alpha value is -15.9. The molecule has 1 atom stereocenters. The summed E-state index contributed by atoms with van der Waals surface area (Å²) in [6.07, 6.45) is 13.0. The first-order chi connectivity index (χ1) is 56.5. The van der Waals surface area contributed by atoms with Crippen molar-refractivity contribution >= 4 is 85.0 Å². The van der Waals surface area contributed by atoms with Crippen molar-refractivity contribution in [2.24, 2.45) is 4.99 Å². The third kappa shape index (κ3) is 10.9. The van der Waals surface area contributed by atoms with Crippen LogP contribution in [0.2, 0.25) is 0 Å². The summed E-state index contributed by atoms with van der Waals surface area (Å²) >= 11 is 0. The molecule has 22 rings (SSSR count). The minimum atomic E-state index is 0.0497. The van der Waals surface area contributed by atoms with E-state index in [-0.39, 0.29) is 4.48 Å². The molecule has 0 saturated heterocycles. The molecule has 11 aromatic heterocycles. The van der Waals surface area contributed by atoms with E-state index in [0.717, 1.165) is 140 Å². The molecule has 10 aromatic carbocycles. The third-order valence-electron chi connectivity index (χ3n) is 21.2. The molecule has 114 heavy (non-hydrogen) atoms. The van der Waals surface area contributed by atoms with Crippen LogP contribution in [0.1, 0.15) is 0 Å². The van der Waals surface area contributed by atoms with Crippen molar-refractivity contribution in [2.45, 2.75) is 0 Å². The molecule has 0 amide bonds. The Balaban J connectivity index is 0.876. The Kier molecular flexibility index (Phi) is 15.3. The second-order valence-corrected chi connectivity index (χ2v) is 28.1. The van der Waals surface area contributed by atoms with E-state index in [9.17, 15) is 0 Å². The van der Waals surface area contributed by atoms with Crippen molar-refractivity contribution in [3.05, 3.63) is 365 Å². The molecule has 0 saturated carbocycles. The van der Waals surface area contributed by atoms with Gasteiger partial charge < -0.3 is 0 Å². The lowest BCUT2D eigenvalue weighted by atomic mass is 9.89. The fraction of sp³-hybridized carbons (Fsp3) is 0. The Bertz CT molecular complexity index is 6790. The molecule has 0 bridgehead atoms.